The van der Waals surface area contributed by atoms with E-state index in [0.29, 0.717) is 10.7 Å². The molecule has 1 saturated heterocycles. The van der Waals surface area contributed by atoms with Crippen LogP contribution in [0.5, 0.6) is 0 Å². The van der Waals surface area contributed by atoms with Crippen molar-refractivity contribution in [3.63, 3.8) is 0 Å². The van der Waals surface area contributed by atoms with Crippen molar-refractivity contribution in [2.24, 2.45) is 0 Å². The molecule has 19 heavy (non-hydrogen) atoms. The molecule has 0 amide bonds. The third-order valence-electron chi connectivity index (χ3n) is 3.58. The van der Waals surface area contributed by atoms with Crippen molar-refractivity contribution in [1.29, 1.82) is 0 Å². The van der Waals surface area contributed by atoms with Gasteiger partial charge in [0.2, 0.25) is 0 Å². The van der Waals surface area contributed by atoms with Gasteiger partial charge in [-0.2, -0.15) is 0 Å². The Labute approximate surface area is 137 Å². The van der Waals surface area contributed by atoms with E-state index in [1.807, 2.05) is 29.6 Å². The van der Waals surface area contributed by atoms with E-state index in [1.54, 1.807) is 12.1 Å². The lowest BCUT2D eigenvalue weighted by molar-refractivity contribution is -0.385. The van der Waals surface area contributed by atoms with Crippen LogP contribution in [0, 0.1) is 10.1 Å². The molecule has 0 aliphatic carbocycles. The van der Waals surface area contributed by atoms with Gasteiger partial charge in [0.05, 0.1) is 4.92 Å². The molecule has 0 N–H and O–H groups in total. The minimum Gasteiger partial charge on any atom is -0.275 e. The van der Waals surface area contributed by atoms with E-state index < -0.39 is 0 Å². The van der Waals surface area contributed by atoms with Crippen LogP contribution in [0.4, 0.5) is 5.69 Å². The molecule has 2 aliphatic rings. The van der Waals surface area contributed by atoms with Crippen LogP contribution in [0.1, 0.15) is 11.1 Å². The number of hydrogen-bond acceptors (Lipinski definition) is 5. The highest BCUT2D eigenvalue weighted by atomic mass is 127. The summed E-state index contributed by atoms with van der Waals surface area (Å²) in [6.07, 6.45) is 3.15. The third kappa shape index (κ3) is 2.88. The molecule has 2 heterocycles. The van der Waals surface area contributed by atoms with Crippen LogP contribution in [-0.2, 0) is 13.0 Å². The second kappa shape index (κ2) is 6.19. The van der Waals surface area contributed by atoms with E-state index >= 15 is 0 Å². The van der Waals surface area contributed by atoms with Gasteiger partial charge >= 0.3 is 0 Å². The quantitative estimate of drug-likeness (QED) is 0.425. The maximum Gasteiger partial charge on any atom is 0.269 e. The number of nitro groups is 1. The fourth-order valence-electron chi connectivity index (χ4n) is 2.66. The minimum absolute atomic E-state index is 0. The summed E-state index contributed by atoms with van der Waals surface area (Å²) in [4.78, 5) is 13.0. The predicted octanol–water partition coefficient (Wildman–Crippen LogP) is 3.33. The maximum atomic E-state index is 10.8. The molecule has 1 unspecified atom stereocenters. The molecule has 2 aliphatic heterocycles. The maximum absolute atomic E-state index is 10.8. The van der Waals surface area contributed by atoms with Gasteiger partial charge in [-0.15, -0.1) is 47.5 Å². The van der Waals surface area contributed by atoms with Gasteiger partial charge in [0.15, 0.2) is 0 Å². The fourth-order valence-corrected chi connectivity index (χ4v) is 5.09. The van der Waals surface area contributed by atoms with Gasteiger partial charge < -0.3 is 0 Å². The molecule has 0 saturated carbocycles. The normalized spacial score (nSPS) is 25.3. The van der Waals surface area contributed by atoms with E-state index in [-0.39, 0.29) is 34.6 Å². The highest BCUT2D eigenvalue weighted by molar-refractivity contribution is 14.0. The van der Waals surface area contributed by atoms with Crippen LogP contribution in [0.15, 0.2) is 18.2 Å². The Kier molecular flexibility index (Phi) is 5.02. The summed E-state index contributed by atoms with van der Waals surface area (Å²) < 4.78 is 0.502. The smallest absolute Gasteiger partial charge is 0.269 e. The first-order chi connectivity index (χ1) is 8.69. The van der Waals surface area contributed by atoms with Gasteiger partial charge in [-0.05, 0) is 23.8 Å². The number of nitrogens with zero attached hydrogens (tertiary/aromatic N) is 2. The average molecular weight is 410 g/mol. The van der Waals surface area contributed by atoms with Gasteiger partial charge in [-0.25, -0.2) is 0 Å². The van der Waals surface area contributed by atoms with Gasteiger partial charge in [0.25, 0.3) is 5.69 Å². The number of nitro benzene ring substituents is 1. The molecule has 2 atom stereocenters. The monoisotopic (exact) mass is 410 g/mol. The zero-order chi connectivity index (χ0) is 12.7. The van der Waals surface area contributed by atoms with Crippen LogP contribution in [0.2, 0.25) is 0 Å². The Bertz CT molecular complexity index is 501. The summed E-state index contributed by atoms with van der Waals surface area (Å²) in [5, 5.41) is 10.8. The van der Waals surface area contributed by atoms with Crippen molar-refractivity contribution in [1.82, 2.24) is 4.90 Å². The number of rotatable bonds is 2. The van der Waals surface area contributed by atoms with E-state index in [0.717, 1.165) is 18.5 Å². The van der Waals surface area contributed by atoms with Crippen LogP contribution in [-0.4, -0.2) is 32.6 Å². The summed E-state index contributed by atoms with van der Waals surface area (Å²) >= 11 is 3.84. The van der Waals surface area contributed by atoms with Crippen molar-refractivity contribution < 1.29 is 4.92 Å². The second-order valence-electron chi connectivity index (χ2n) is 4.62. The van der Waals surface area contributed by atoms with Crippen molar-refractivity contribution in [3.8, 4) is 0 Å². The molecule has 1 aromatic rings. The Morgan fingerprint density at radius 1 is 1.47 bits per heavy atom. The molecule has 104 valence electrons. The Morgan fingerprint density at radius 3 is 2.95 bits per heavy atom. The summed E-state index contributed by atoms with van der Waals surface area (Å²) in [6.45, 7) is 0.847. The number of fused-ring (bicyclic) bond motifs is 2. The van der Waals surface area contributed by atoms with Gasteiger partial charge in [0, 0.05) is 30.5 Å². The fraction of sp³-hybridized carbons (Fsp3) is 0.500. The topological polar surface area (TPSA) is 46.4 Å². The Balaban J connectivity index is 0.00000133. The van der Waals surface area contributed by atoms with E-state index in [4.69, 9.17) is 0 Å². The molecular weight excluding hydrogens is 395 g/mol. The van der Waals surface area contributed by atoms with Gasteiger partial charge in [-0.3, -0.25) is 15.0 Å². The highest BCUT2D eigenvalue weighted by Gasteiger charge is 2.37. The number of non-ortho nitro benzene ring substituents is 1. The zero-order valence-corrected chi connectivity index (χ0v) is 14.4. The highest BCUT2D eigenvalue weighted by Crippen LogP contribution is 2.41. The minimum atomic E-state index is -0.308. The zero-order valence-electron chi connectivity index (χ0n) is 10.4. The van der Waals surface area contributed by atoms with Crippen molar-refractivity contribution in [2.45, 2.75) is 23.7 Å². The molecule has 7 heteroatoms. The Hall–Kier alpha value is 0.01000. The van der Waals surface area contributed by atoms with Crippen molar-refractivity contribution in [3.05, 3.63) is 39.4 Å². The molecule has 0 spiro atoms. The lowest BCUT2D eigenvalue weighted by atomic mass is 9.95. The van der Waals surface area contributed by atoms with E-state index in [1.165, 1.54) is 11.3 Å². The first-order valence-electron chi connectivity index (χ1n) is 5.85. The predicted molar refractivity (Wildman–Crippen MR) is 91.3 cm³/mol. The molecule has 1 fully saturated rings. The number of thioether (sulfide) groups is 2. The summed E-state index contributed by atoms with van der Waals surface area (Å²) in [6, 6.07) is 5.90. The summed E-state index contributed by atoms with van der Waals surface area (Å²) in [5.41, 5.74) is 2.62. The number of benzene rings is 1. The molecule has 0 radical (unpaired) electrons. The molecule has 1 aromatic carbocycles. The van der Waals surface area contributed by atoms with Crippen LogP contribution < -0.4 is 0 Å². The molecule has 0 aromatic heterocycles. The SMILES string of the molecule is CSC1SC[C@@H]2Cc3ccc([N+](=O)[O-])cc3CN12.I. The standard InChI is InChI=1S/C12H14N2O2S2.HI/c1-17-12-13-6-9-5-10(14(15)16)3-2-8(9)4-11(13)7-18-12;/h2-3,5,11-12H,4,6-7H2,1H3;1H/t11-,12?;/m0./s1. The van der Waals surface area contributed by atoms with Crippen LogP contribution in [0.25, 0.3) is 0 Å². The number of halogens is 1. The molecule has 3 rings (SSSR count). The summed E-state index contributed by atoms with van der Waals surface area (Å²) in [7, 11) is 0. The lowest BCUT2D eigenvalue weighted by Crippen LogP contribution is -2.39. The lowest BCUT2D eigenvalue weighted by Gasteiger charge is -2.33. The molecule has 0 bridgehead atoms. The van der Waals surface area contributed by atoms with Crippen molar-refractivity contribution in [2.75, 3.05) is 12.0 Å². The third-order valence-corrected chi connectivity index (χ3v) is 6.37. The van der Waals surface area contributed by atoms with E-state index in [2.05, 4.69) is 11.2 Å². The first kappa shape index (κ1) is 15.4. The van der Waals surface area contributed by atoms with Crippen molar-refractivity contribution >= 4 is 53.2 Å². The molecular formula is C12H15IN2O2S2. The van der Waals surface area contributed by atoms with Crippen LogP contribution >= 0.6 is 47.5 Å². The second-order valence-corrected chi connectivity index (χ2v) is 6.95. The Morgan fingerprint density at radius 2 is 2.26 bits per heavy atom. The largest absolute Gasteiger partial charge is 0.275 e. The summed E-state index contributed by atoms with van der Waals surface area (Å²) in [5.74, 6) is 1.17. The first-order valence-corrected chi connectivity index (χ1v) is 8.19. The molecule has 4 nitrogen and oxygen atoms in total. The van der Waals surface area contributed by atoms with E-state index in [9.17, 15) is 10.1 Å². The van der Waals surface area contributed by atoms with Crippen LogP contribution in [0.3, 0.4) is 0 Å². The van der Waals surface area contributed by atoms with Gasteiger partial charge in [0.1, 0.15) is 4.71 Å². The van der Waals surface area contributed by atoms with Gasteiger partial charge in [-0.1, -0.05) is 6.07 Å². The average Bonchev–Trinajstić information content (AvgIpc) is 2.77. The number of hydrogen-bond donors (Lipinski definition) is 0.